The lowest BCUT2D eigenvalue weighted by atomic mass is 10.2. The van der Waals surface area contributed by atoms with Crippen molar-refractivity contribution in [3.05, 3.63) is 62.6 Å². The molecule has 0 spiro atoms. The monoisotopic (exact) mass is 451 g/mol. The number of nitro benzene ring substituents is 1. The van der Waals surface area contributed by atoms with Crippen molar-refractivity contribution < 1.29 is 18.8 Å². The summed E-state index contributed by atoms with van der Waals surface area (Å²) in [7, 11) is 3.11. The molecule has 0 radical (unpaired) electrons. The van der Waals surface area contributed by atoms with Crippen LogP contribution in [0.5, 0.6) is 11.5 Å². The van der Waals surface area contributed by atoms with Crippen LogP contribution < -0.4 is 14.8 Å². The molecule has 146 valence electrons. The van der Waals surface area contributed by atoms with E-state index in [2.05, 4.69) is 31.3 Å². The van der Waals surface area contributed by atoms with Crippen LogP contribution in [0.3, 0.4) is 0 Å². The summed E-state index contributed by atoms with van der Waals surface area (Å²) in [5.74, 6) is 0.715. The van der Waals surface area contributed by atoms with Crippen LogP contribution >= 0.6 is 15.9 Å². The number of nitrogens with one attached hydrogen (secondary N) is 1. The van der Waals surface area contributed by atoms with E-state index in [0.717, 1.165) is 11.6 Å². The van der Waals surface area contributed by atoms with Gasteiger partial charge in [0.2, 0.25) is 10.7 Å². The highest BCUT2D eigenvalue weighted by Gasteiger charge is 2.17. The first-order valence-corrected chi connectivity index (χ1v) is 8.74. The molecule has 0 saturated heterocycles. The van der Waals surface area contributed by atoms with Crippen molar-refractivity contribution in [1.29, 1.82) is 0 Å². The van der Waals surface area contributed by atoms with Gasteiger partial charge in [-0.3, -0.25) is 10.1 Å². The Labute approximate surface area is 167 Å². The first kappa shape index (κ1) is 19.5. The molecule has 0 bridgehead atoms. The van der Waals surface area contributed by atoms with Gasteiger partial charge in [-0.25, -0.2) is 4.39 Å². The number of aromatic nitrogens is 3. The lowest BCUT2D eigenvalue weighted by Gasteiger charge is -2.12. The Kier molecular flexibility index (Phi) is 5.73. The highest BCUT2D eigenvalue weighted by Crippen LogP contribution is 2.27. The molecular weight excluding hydrogens is 437 g/mol. The Morgan fingerprint density at radius 1 is 1.25 bits per heavy atom. The fraction of sp³-hybridized carbons (Fsp3) is 0.176. The molecule has 3 aromatic rings. The van der Waals surface area contributed by atoms with Crippen LogP contribution in [0, 0.1) is 15.9 Å². The maximum absolute atomic E-state index is 14.4. The number of halogens is 2. The van der Waals surface area contributed by atoms with E-state index < -0.39 is 10.7 Å². The molecule has 0 aliphatic heterocycles. The van der Waals surface area contributed by atoms with Crippen molar-refractivity contribution in [2.45, 2.75) is 6.54 Å². The molecule has 2 aromatic carbocycles. The Hall–Kier alpha value is -3.21. The Balaban J connectivity index is 1.89. The highest BCUT2D eigenvalue weighted by atomic mass is 79.9. The van der Waals surface area contributed by atoms with Gasteiger partial charge in [-0.05, 0) is 34.1 Å². The lowest BCUT2D eigenvalue weighted by Crippen LogP contribution is -2.09. The van der Waals surface area contributed by atoms with Gasteiger partial charge in [-0.2, -0.15) is 9.67 Å². The van der Waals surface area contributed by atoms with Gasteiger partial charge < -0.3 is 14.8 Å². The maximum atomic E-state index is 14.4. The van der Waals surface area contributed by atoms with Crippen LogP contribution in [-0.2, 0) is 6.54 Å². The summed E-state index contributed by atoms with van der Waals surface area (Å²) in [6.07, 6.45) is 0. The van der Waals surface area contributed by atoms with E-state index in [4.69, 9.17) is 9.47 Å². The van der Waals surface area contributed by atoms with Gasteiger partial charge in [0.05, 0.1) is 25.2 Å². The average Bonchev–Trinajstić information content (AvgIpc) is 3.06. The van der Waals surface area contributed by atoms with Crippen molar-refractivity contribution in [3.8, 4) is 17.2 Å². The Bertz CT molecular complexity index is 1030. The number of rotatable bonds is 7. The number of anilines is 1. The van der Waals surface area contributed by atoms with Crippen molar-refractivity contribution in [3.63, 3.8) is 0 Å². The molecule has 0 unspecified atom stereocenters. The van der Waals surface area contributed by atoms with E-state index in [-0.39, 0.29) is 22.1 Å². The van der Waals surface area contributed by atoms with Gasteiger partial charge in [0, 0.05) is 24.2 Å². The summed E-state index contributed by atoms with van der Waals surface area (Å²) in [6.45, 7) is 0.312. The van der Waals surface area contributed by atoms with Crippen LogP contribution in [0.25, 0.3) is 5.69 Å². The van der Waals surface area contributed by atoms with Gasteiger partial charge in [0.1, 0.15) is 17.2 Å². The summed E-state index contributed by atoms with van der Waals surface area (Å²) >= 11 is 3.16. The highest BCUT2D eigenvalue weighted by molar-refractivity contribution is 9.10. The molecule has 1 heterocycles. The zero-order valence-electron chi connectivity index (χ0n) is 14.8. The molecule has 9 nitrogen and oxygen atoms in total. The predicted octanol–water partition coefficient (Wildman–Crippen LogP) is 3.71. The fourth-order valence-corrected chi connectivity index (χ4v) is 2.85. The second kappa shape index (κ2) is 8.21. The van der Waals surface area contributed by atoms with Crippen molar-refractivity contribution in [2.24, 2.45) is 0 Å². The molecule has 11 heteroatoms. The van der Waals surface area contributed by atoms with E-state index in [1.54, 1.807) is 26.4 Å². The largest absolute Gasteiger partial charge is 0.497 e. The zero-order valence-corrected chi connectivity index (χ0v) is 16.4. The van der Waals surface area contributed by atoms with Crippen molar-refractivity contribution in [1.82, 2.24) is 14.8 Å². The average molecular weight is 452 g/mol. The molecule has 0 aliphatic rings. The minimum atomic E-state index is -0.795. The molecule has 0 atom stereocenters. The minimum Gasteiger partial charge on any atom is -0.497 e. The third kappa shape index (κ3) is 4.03. The lowest BCUT2D eigenvalue weighted by molar-refractivity contribution is -0.385. The first-order chi connectivity index (χ1) is 13.4. The molecule has 28 heavy (non-hydrogen) atoms. The topological polar surface area (TPSA) is 104 Å². The van der Waals surface area contributed by atoms with Crippen LogP contribution in [0.2, 0.25) is 0 Å². The number of benzene rings is 2. The first-order valence-electron chi connectivity index (χ1n) is 7.94. The van der Waals surface area contributed by atoms with Gasteiger partial charge >= 0.3 is 0 Å². The number of non-ortho nitro benzene ring substituents is 1. The standard InChI is InChI=1S/C17H15BrFN5O4/c1-27-12-5-3-10(15(8-12)28-2)9-20-17-21-16(18)22-23(17)14-6-4-11(24(25)26)7-13(14)19/h3-8H,9H2,1-2H3,(H,20,21,22). The third-order valence-corrected chi connectivity index (χ3v) is 4.22. The number of hydrogen-bond donors (Lipinski definition) is 1. The van der Waals surface area contributed by atoms with Crippen molar-refractivity contribution >= 4 is 27.6 Å². The molecule has 0 fully saturated rings. The molecule has 1 aromatic heterocycles. The van der Waals surface area contributed by atoms with E-state index in [1.165, 1.54) is 16.8 Å². The number of ether oxygens (including phenoxy) is 2. The molecular formula is C17H15BrFN5O4. The van der Waals surface area contributed by atoms with Crippen LogP contribution in [0.15, 0.2) is 41.1 Å². The van der Waals surface area contributed by atoms with E-state index in [1.807, 2.05) is 6.07 Å². The van der Waals surface area contributed by atoms with Crippen molar-refractivity contribution in [2.75, 3.05) is 19.5 Å². The van der Waals surface area contributed by atoms with E-state index >= 15 is 0 Å². The zero-order chi connectivity index (χ0) is 20.3. The second-order valence-corrected chi connectivity index (χ2v) is 6.25. The number of hydrogen-bond acceptors (Lipinski definition) is 7. The molecule has 1 N–H and O–H groups in total. The second-order valence-electron chi connectivity index (χ2n) is 5.54. The SMILES string of the molecule is COc1ccc(CNc2nc(Br)nn2-c2ccc([N+](=O)[O-])cc2F)c(OC)c1. The van der Waals surface area contributed by atoms with Crippen LogP contribution in [0.1, 0.15) is 5.56 Å². The summed E-state index contributed by atoms with van der Waals surface area (Å²) < 4.78 is 26.4. The van der Waals surface area contributed by atoms with Gasteiger partial charge in [-0.1, -0.05) is 0 Å². The normalized spacial score (nSPS) is 10.6. The fourth-order valence-electron chi connectivity index (χ4n) is 2.52. The quantitative estimate of drug-likeness (QED) is 0.431. The molecule has 0 aliphatic carbocycles. The van der Waals surface area contributed by atoms with Crippen LogP contribution in [-0.4, -0.2) is 33.9 Å². The van der Waals surface area contributed by atoms with Gasteiger partial charge in [0.25, 0.3) is 5.69 Å². The summed E-state index contributed by atoms with van der Waals surface area (Å²) in [6, 6.07) is 8.66. The number of nitrogens with zero attached hydrogens (tertiary/aromatic N) is 4. The minimum absolute atomic E-state index is 0.0213. The molecule has 0 amide bonds. The molecule has 0 saturated carbocycles. The Morgan fingerprint density at radius 3 is 2.68 bits per heavy atom. The van der Waals surface area contributed by atoms with E-state index in [0.29, 0.717) is 18.0 Å². The summed E-state index contributed by atoms with van der Waals surface area (Å²) in [5.41, 5.74) is 0.490. The number of nitro groups is 1. The maximum Gasteiger partial charge on any atom is 0.272 e. The molecule has 3 rings (SSSR count). The summed E-state index contributed by atoms with van der Waals surface area (Å²) in [5, 5.41) is 18.0. The smallest absolute Gasteiger partial charge is 0.272 e. The predicted molar refractivity (Wildman–Crippen MR) is 103 cm³/mol. The van der Waals surface area contributed by atoms with Gasteiger partial charge in [-0.15, -0.1) is 5.10 Å². The van der Waals surface area contributed by atoms with Crippen LogP contribution in [0.4, 0.5) is 16.0 Å². The third-order valence-electron chi connectivity index (χ3n) is 3.88. The van der Waals surface area contributed by atoms with E-state index in [9.17, 15) is 14.5 Å². The summed E-state index contributed by atoms with van der Waals surface area (Å²) in [4.78, 5) is 14.3. The Morgan fingerprint density at radius 2 is 2.04 bits per heavy atom. The number of methoxy groups -OCH3 is 2. The van der Waals surface area contributed by atoms with Gasteiger partial charge in [0.15, 0.2) is 5.82 Å².